The summed E-state index contributed by atoms with van der Waals surface area (Å²) in [6.07, 6.45) is 7.11. The first kappa shape index (κ1) is 27.7. The number of halogens is 2. The van der Waals surface area contributed by atoms with Crippen LogP contribution in [0, 0.1) is 5.82 Å². The molecule has 3 heterocycles. The monoisotopic (exact) mass is 569 g/mol. The number of carbonyl (C=O) groups is 1. The number of nitrogens with two attached hydrogens (primary N) is 1. The molecule has 1 aliphatic carbocycles. The van der Waals surface area contributed by atoms with Crippen LogP contribution in [0.4, 0.5) is 4.39 Å². The predicted octanol–water partition coefficient (Wildman–Crippen LogP) is 5.06. The standard InChI is InChI=1S/C26H30ClFNO8P/c1-25(2)35-23-22(12-16-4-3-5-17(7-6-16)24(29)30)32-14-26(23,37-25)15-34-38(31)33-11-10-21(36-38)18-8-9-20(28)19(27)13-18/h3-5,7-9,13,21-23H,6,10-12,14-15H2,1-2H3,(H2,29,30)/t21?,22-,23-,26+,38?/m0/s1. The highest BCUT2D eigenvalue weighted by molar-refractivity contribution is 7.48. The minimum absolute atomic E-state index is 0.0522. The maximum atomic E-state index is 13.6. The minimum Gasteiger partial charge on any atom is -0.372 e. The Morgan fingerprint density at radius 2 is 2.16 bits per heavy atom. The lowest BCUT2D eigenvalue weighted by atomic mass is 9.93. The number of hydrogen-bond donors (Lipinski definition) is 1. The van der Waals surface area contributed by atoms with Gasteiger partial charge in [-0.15, -0.1) is 0 Å². The van der Waals surface area contributed by atoms with E-state index in [-0.39, 0.29) is 30.9 Å². The minimum atomic E-state index is -3.99. The third kappa shape index (κ3) is 5.83. The molecule has 38 heavy (non-hydrogen) atoms. The van der Waals surface area contributed by atoms with Gasteiger partial charge >= 0.3 is 7.82 Å². The van der Waals surface area contributed by atoms with Crippen molar-refractivity contribution in [1.29, 1.82) is 0 Å². The van der Waals surface area contributed by atoms with Gasteiger partial charge in [0, 0.05) is 12.0 Å². The van der Waals surface area contributed by atoms with Gasteiger partial charge in [-0.05, 0) is 50.5 Å². The van der Waals surface area contributed by atoms with Crippen LogP contribution in [0.5, 0.6) is 0 Å². The second kappa shape index (κ2) is 10.6. The van der Waals surface area contributed by atoms with E-state index in [1.807, 2.05) is 6.08 Å². The van der Waals surface area contributed by atoms with Crippen LogP contribution >= 0.6 is 19.4 Å². The Labute approximate surface area is 225 Å². The molecule has 0 spiro atoms. The van der Waals surface area contributed by atoms with Gasteiger partial charge in [0.15, 0.2) is 5.79 Å². The summed E-state index contributed by atoms with van der Waals surface area (Å²) in [5.41, 5.74) is 6.41. The van der Waals surface area contributed by atoms with E-state index in [0.29, 0.717) is 30.4 Å². The lowest BCUT2D eigenvalue weighted by Crippen LogP contribution is -2.45. The number of hydrogen-bond acceptors (Lipinski definition) is 8. The summed E-state index contributed by atoms with van der Waals surface area (Å²) in [5, 5.41) is -0.0522. The van der Waals surface area contributed by atoms with Gasteiger partial charge in [0.2, 0.25) is 5.91 Å². The topological polar surface area (TPSA) is 116 Å². The molecule has 4 aliphatic rings. The summed E-state index contributed by atoms with van der Waals surface area (Å²) in [5.74, 6) is -1.96. The number of amides is 1. The van der Waals surface area contributed by atoms with Crippen molar-refractivity contribution in [2.75, 3.05) is 19.8 Å². The van der Waals surface area contributed by atoms with Gasteiger partial charge in [-0.2, -0.15) is 0 Å². The molecule has 1 aromatic rings. The van der Waals surface area contributed by atoms with Gasteiger partial charge in [-0.1, -0.05) is 41.5 Å². The molecule has 5 atom stereocenters. The molecule has 3 aliphatic heterocycles. The Hall–Kier alpha value is -1.88. The van der Waals surface area contributed by atoms with Gasteiger partial charge in [-0.3, -0.25) is 18.4 Å². The number of carbonyl (C=O) groups excluding carboxylic acids is 1. The zero-order chi connectivity index (χ0) is 27.1. The van der Waals surface area contributed by atoms with Crippen molar-refractivity contribution in [3.8, 4) is 0 Å². The first-order valence-corrected chi connectivity index (χ1v) is 14.2. The number of rotatable bonds is 7. The zero-order valence-corrected chi connectivity index (χ0v) is 22.7. The van der Waals surface area contributed by atoms with Crippen molar-refractivity contribution in [2.24, 2.45) is 5.73 Å². The van der Waals surface area contributed by atoms with E-state index in [4.69, 9.17) is 45.1 Å². The molecule has 2 N–H and O–H groups in total. The molecule has 0 radical (unpaired) electrons. The van der Waals surface area contributed by atoms with Crippen molar-refractivity contribution < 1.29 is 41.5 Å². The van der Waals surface area contributed by atoms with E-state index in [1.165, 1.54) is 18.2 Å². The molecule has 5 rings (SSSR count). The van der Waals surface area contributed by atoms with Gasteiger partial charge in [0.25, 0.3) is 0 Å². The van der Waals surface area contributed by atoms with Crippen molar-refractivity contribution >= 4 is 25.3 Å². The Kier molecular flexibility index (Phi) is 7.72. The SMILES string of the molecule is CC1(C)O[C@H]2[C@H](CC3=CC=CC(C(N)=O)=CC3)OC[C@]2(COP2(=O)OCCC(c3ccc(F)c(Cl)c3)O2)O1. The number of ether oxygens (including phenoxy) is 3. The summed E-state index contributed by atoms with van der Waals surface area (Å²) in [7, 11) is -3.99. The van der Waals surface area contributed by atoms with E-state index < -0.39 is 43.1 Å². The van der Waals surface area contributed by atoms with E-state index in [2.05, 4.69) is 0 Å². The van der Waals surface area contributed by atoms with Crippen molar-refractivity contribution in [3.63, 3.8) is 0 Å². The molecule has 206 valence electrons. The zero-order valence-electron chi connectivity index (χ0n) is 21.1. The maximum absolute atomic E-state index is 13.6. The maximum Gasteiger partial charge on any atom is 0.475 e. The van der Waals surface area contributed by atoms with Crippen LogP contribution in [-0.2, 0) is 37.1 Å². The van der Waals surface area contributed by atoms with Crippen molar-refractivity contribution in [1.82, 2.24) is 0 Å². The molecule has 0 aromatic heterocycles. The summed E-state index contributed by atoms with van der Waals surface area (Å²) < 4.78 is 62.6. The lowest BCUT2D eigenvalue weighted by molar-refractivity contribution is -0.194. The third-order valence-corrected chi connectivity index (χ3v) is 8.61. The van der Waals surface area contributed by atoms with Gasteiger partial charge in [0.05, 0.1) is 37.1 Å². The Bertz CT molecular complexity index is 1250. The fraction of sp³-hybridized carbons (Fsp3) is 0.500. The van der Waals surface area contributed by atoms with Crippen LogP contribution in [0.2, 0.25) is 5.02 Å². The highest BCUT2D eigenvalue weighted by Crippen LogP contribution is 2.58. The third-order valence-electron chi connectivity index (χ3n) is 6.87. The average Bonchev–Trinajstić information content (AvgIpc) is 3.18. The predicted molar refractivity (Wildman–Crippen MR) is 136 cm³/mol. The smallest absolute Gasteiger partial charge is 0.372 e. The largest absolute Gasteiger partial charge is 0.475 e. The summed E-state index contributed by atoms with van der Waals surface area (Å²) in [6, 6.07) is 4.20. The molecule has 12 heteroatoms. The second-order valence-corrected chi connectivity index (χ2v) is 12.2. The molecule has 1 amide bonds. The quantitative estimate of drug-likeness (QED) is 0.453. The number of allylic oxidation sites excluding steroid dienone is 3. The van der Waals surface area contributed by atoms with Gasteiger partial charge < -0.3 is 19.9 Å². The van der Waals surface area contributed by atoms with E-state index in [9.17, 15) is 13.8 Å². The molecular formula is C26H30ClFNO8P. The molecule has 2 unspecified atom stereocenters. The Balaban J connectivity index is 1.27. The van der Waals surface area contributed by atoms with E-state index in [1.54, 1.807) is 32.1 Å². The number of primary amides is 1. The van der Waals surface area contributed by atoms with Crippen LogP contribution in [0.15, 0.2) is 53.6 Å². The first-order chi connectivity index (χ1) is 18.0. The Morgan fingerprint density at radius 3 is 2.92 bits per heavy atom. The van der Waals surface area contributed by atoms with Gasteiger partial charge in [-0.25, -0.2) is 8.96 Å². The second-order valence-electron chi connectivity index (χ2n) is 10.2. The number of benzene rings is 1. The molecule has 0 saturated carbocycles. The molecule has 3 fully saturated rings. The summed E-state index contributed by atoms with van der Waals surface area (Å²) >= 11 is 5.91. The van der Waals surface area contributed by atoms with Crippen LogP contribution in [0.3, 0.4) is 0 Å². The molecule has 3 saturated heterocycles. The number of fused-ring (bicyclic) bond motifs is 1. The highest BCUT2D eigenvalue weighted by Gasteiger charge is 2.62. The molecule has 1 aromatic carbocycles. The Morgan fingerprint density at radius 1 is 1.34 bits per heavy atom. The van der Waals surface area contributed by atoms with E-state index in [0.717, 1.165) is 5.57 Å². The van der Waals surface area contributed by atoms with Crippen LogP contribution in [-0.4, -0.2) is 49.3 Å². The molecular weight excluding hydrogens is 540 g/mol. The lowest BCUT2D eigenvalue weighted by Gasteiger charge is -2.32. The van der Waals surface area contributed by atoms with Crippen molar-refractivity contribution in [2.45, 2.75) is 62.8 Å². The average molecular weight is 570 g/mol. The van der Waals surface area contributed by atoms with Crippen LogP contribution < -0.4 is 5.73 Å². The van der Waals surface area contributed by atoms with E-state index >= 15 is 0 Å². The first-order valence-electron chi connectivity index (χ1n) is 12.4. The van der Waals surface area contributed by atoms with Gasteiger partial charge in [0.1, 0.15) is 17.5 Å². The van der Waals surface area contributed by atoms with Crippen molar-refractivity contribution in [3.05, 3.63) is 70.1 Å². The molecule has 9 nitrogen and oxygen atoms in total. The highest BCUT2D eigenvalue weighted by atomic mass is 35.5. The number of phosphoric acid groups is 1. The normalized spacial score (nSPS) is 34.4. The van der Waals surface area contributed by atoms with Crippen LogP contribution in [0.25, 0.3) is 0 Å². The molecule has 0 bridgehead atoms. The fourth-order valence-corrected chi connectivity index (χ4v) is 6.76. The summed E-state index contributed by atoms with van der Waals surface area (Å²) in [6.45, 7) is 3.70. The summed E-state index contributed by atoms with van der Waals surface area (Å²) in [4.78, 5) is 11.5. The van der Waals surface area contributed by atoms with Crippen LogP contribution in [0.1, 0.15) is 44.8 Å². The number of phosphoric ester groups is 1. The fourth-order valence-electron chi connectivity index (χ4n) is 5.13.